The number of carbonyl (C=O) groups excluding carboxylic acids is 2. The van der Waals surface area contributed by atoms with Gasteiger partial charge in [-0.1, -0.05) is 141 Å². The van der Waals surface area contributed by atoms with E-state index in [0.717, 1.165) is 25.7 Å². The minimum atomic E-state index is -0.455. The topological polar surface area (TPSA) is 101 Å². The van der Waals surface area contributed by atoms with Gasteiger partial charge in [0.25, 0.3) is 0 Å². The zero-order valence-corrected chi connectivity index (χ0v) is 30.8. The van der Waals surface area contributed by atoms with Gasteiger partial charge in [0.2, 0.25) is 0 Å². The summed E-state index contributed by atoms with van der Waals surface area (Å²) in [6, 6.07) is 0. The molecule has 0 amide bonds. The van der Waals surface area contributed by atoms with Crippen LogP contribution in [0.1, 0.15) is 200 Å². The Bertz CT molecular complexity index is 621. The second kappa shape index (κ2) is 41.7. The maximum Gasteiger partial charge on any atom is 0.143 e. The van der Waals surface area contributed by atoms with Gasteiger partial charge in [0.15, 0.2) is 0 Å². The minimum Gasteiger partial charge on any atom is -0.394 e. The van der Waals surface area contributed by atoms with Crippen molar-refractivity contribution in [1.82, 2.24) is 0 Å². The summed E-state index contributed by atoms with van der Waals surface area (Å²) in [5.41, 5.74) is 5.76. The molecule has 0 aromatic heterocycles. The molecule has 0 aromatic carbocycles. The lowest BCUT2D eigenvalue weighted by atomic mass is 9.89. The van der Waals surface area contributed by atoms with Crippen LogP contribution in [0.15, 0.2) is 24.3 Å². The van der Waals surface area contributed by atoms with Gasteiger partial charge >= 0.3 is 0 Å². The average molecular weight is 650 g/mol. The maximum atomic E-state index is 12.8. The number of hydrogen-bond acceptors (Lipinski definition) is 5. The molecule has 0 aliphatic carbocycles. The van der Waals surface area contributed by atoms with E-state index < -0.39 is 5.92 Å². The molecule has 0 aromatic rings. The van der Waals surface area contributed by atoms with Crippen LogP contribution in [0.3, 0.4) is 0 Å². The summed E-state index contributed by atoms with van der Waals surface area (Å²) in [5, 5.41) is 15.2. The van der Waals surface area contributed by atoms with Crippen LogP contribution >= 0.6 is 0 Å². The van der Waals surface area contributed by atoms with Crippen molar-refractivity contribution in [3.8, 4) is 0 Å². The van der Waals surface area contributed by atoms with E-state index in [1.54, 1.807) is 0 Å². The zero-order valence-electron chi connectivity index (χ0n) is 30.8. The van der Waals surface area contributed by atoms with Gasteiger partial charge in [0, 0.05) is 12.8 Å². The Morgan fingerprint density at radius 2 is 0.761 bits per heavy atom. The highest BCUT2D eigenvalue weighted by atomic mass is 16.3. The summed E-state index contributed by atoms with van der Waals surface area (Å²) in [5.74, 6) is -0.185. The van der Waals surface area contributed by atoms with Crippen molar-refractivity contribution in [2.24, 2.45) is 11.7 Å². The van der Waals surface area contributed by atoms with Crippen LogP contribution in [0.5, 0.6) is 0 Å². The lowest BCUT2D eigenvalue weighted by Gasteiger charge is -2.14. The van der Waals surface area contributed by atoms with E-state index in [-0.39, 0.29) is 24.8 Å². The molecule has 0 unspecified atom stereocenters. The van der Waals surface area contributed by atoms with Crippen LogP contribution in [0, 0.1) is 5.92 Å². The molecule has 4 N–H and O–H groups in total. The molecule has 5 heteroatoms. The molecule has 0 aliphatic rings. The molecule has 272 valence electrons. The summed E-state index contributed by atoms with van der Waals surface area (Å²) < 4.78 is 0. The molecule has 0 heterocycles. The van der Waals surface area contributed by atoms with E-state index in [1.807, 2.05) is 0 Å². The van der Waals surface area contributed by atoms with Crippen molar-refractivity contribution >= 4 is 11.6 Å². The first-order valence-corrected chi connectivity index (χ1v) is 19.9. The first-order valence-electron chi connectivity index (χ1n) is 19.9. The monoisotopic (exact) mass is 650 g/mol. The smallest absolute Gasteiger partial charge is 0.143 e. The fourth-order valence-corrected chi connectivity index (χ4v) is 5.76. The number of hydrogen-bond donors (Lipinski definition) is 3. The van der Waals surface area contributed by atoms with Crippen molar-refractivity contribution in [2.45, 2.75) is 200 Å². The number of nitrogens with two attached hydrogens (primary N) is 1. The summed E-state index contributed by atoms with van der Waals surface area (Å²) in [4.78, 5) is 25.6. The lowest BCUT2D eigenvalue weighted by Crippen LogP contribution is -2.26. The average Bonchev–Trinajstić information content (AvgIpc) is 3.07. The van der Waals surface area contributed by atoms with Crippen LogP contribution in [-0.4, -0.2) is 41.5 Å². The predicted molar refractivity (Wildman–Crippen MR) is 200 cm³/mol. The molecule has 0 bridgehead atoms. The van der Waals surface area contributed by atoms with E-state index >= 15 is 0 Å². The van der Waals surface area contributed by atoms with Gasteiger partial charge in [-0.05, 0) is 77.2 Å². The van der Waals surface area contributed by atoms with Crippen LogP contribution in [0.2, 0.25) is 0 Å². The van der Waals surface area contributed by atoms with Crippen molar-refractivity contribution in [3.63, 3.8) is 0 Å². The Morgan fingerprint density at radius 1 is 0.478 bits per heavy atom. The molecule has 0 fully saturated rings. The normalized spacial score (nSPS) is 11.5. The summed E-state index contributed by atoms with van der Waals surface area (Å²) >= 11 is 0. The summed E-state index contributed by atoms with van der Waals surface area (Å²) in [6.45, 7) is 4.71. The minimum absolute atomic E-state index is 0.125. The maximum absolute atomic E-state index is 12.8. The summed E-state index contributed by atoms with van der Waals surface area (Å²) in [6.07, 6.45) is 43.6. The quantitative estimate of drug-likeness (QED) is 0.0360. The first kappa shape index (κ1) is 46.8. The lowest BCUT2D eigenvalue weighted by molar-refractivity contribution is -0.133. The standard InChI is InChI=1S/C39H73NO2.C2H6O2/c1-3-5-7-9-11-13-15-17-19-21-23-25-27-29-31-33-38(41)37(35-36-40)39(42)34-32-30-28-26-24-22-20-18-16-14-12-10-8-6-4-2;3-1-2-4/h17-20,37H,3-16,21-36,40H2,1-2H3;3-4H,1-2H2/b19-17-,20-18-;. The fourth-order valence-electron chi connectivity index (χ4n) is 5.76. The number of allylic oxidation sites excluding steroid dienone is 4. The second-order valence-electron chi connectivity index (χ2n) is 13.2. The van der Waals surface area contributed by atoms with Gasteiger partial charge in [-0.3, -0.25) is 9.59 Å². The Balaban J connectivity index is 0. The number of aliphatic hydroxyl groups is 2. The van der Waals surface area contributed by atoms with Crippen molar-refractivity contribution in [1.29, 1.82) is 0 Å². The Morgan fingerprint density at radius 3 is 1.04 bits per heavy atom. The van der Waals surface area contributed by atoms with Crippen molar-refractivity contribution in [3.05, 3.63) is 24.3 Å². The van der Waals surface area contributed by atoms with Crippen LogP contribution < -0.4 is 5.73 Å². The van der Waals surface area contributed by atoms with Crippen molar-refractivity contribution in [2.75, 3.05) is 19.8 Å². The predicted octanol–water partition coefficient (Wildman–Crippen LogP) is 11.1. The van der Waals surface area contributed by atoms with Crippen LogP contribution in [-0.2, 0) is 9.59 Å². The molecular formula is C41H79NO4. The van der Waals surface area contributed by atoms with Gasteiger partial charge in [0.05, 0.1) is 19.1 Å². The number of carbonyl (C=O) groups is 2. The molecule has 0 aliphatic heterocycles. The third kappa shape index (κ3) is 37.2. The highest BCUT2D eigenvalue weighted by Crippen LogP contribution is 2.17. The number of aliphatic hydroxyl groups excluding tert-OH is 2. The van der Waals surface area contributed by atoms with E-state index in [4.69, 9.17) is 15.9 Å². The zero-order chi connectivity index (χ0) is 34.2. The Hall–Kier alpha value is -1.30. The van der Waals surface area contributed by atoms with Crippen molar-refractivity contribution < 1.29 is 19.8 Å². The number of Topliss-reactive ketones (excluding diaryl/α,β-unsaturated/α-hetero) is 2. The van der Waals surface area contributed by atoms with E-state index in [1.165, 1.54) is 141 Å². The largest absolute Gasteiger partial charge is 0.394 e. The van der Waals surface area contributed by atoms with Crippen LogP contribution in [0.4, 0.5) is 0 Å². The highest BCUT2D eigenvalue weighted by Gasteiger charge is 2.24. The third-order valence-corrected chi connectivity index (χ3v) is 8.70. The molecule has 0 atom stereocenters. The molecular weight excluding hydrogens is 570 g/mol. The van der Waals surface area contributed by atoms with Gasteiger partial charge < -0.3 is 15.9 Å². The molecule has 0 rings (SSSR count). The van der Waals surface area contributed by atoms with Gasteiger partial charge in [-0.2, -0.15) is 0 Å². The second-order valence-corrected chi connectivity index (χ2v) is 13.2. The first-order chi connectivity index (χ1) is 22.6. The van der Waals surface area contributed by atoms with Gasteiger partial charge in [0.1, 0.15) is 11.6 Å². The number of rotatable bonds is 35. The van der Waals surface area contributed by atoms with Gasteiger partial charge in [-0.25, -0.2) is 0 Å². The molecule has 46 heavy (non-hydrogen) atoms. The fraction of sp³-hybridized carbons (Fsp3) is 0.854. The molecule has 0 radical (unpaired) electrons. The molecule has 0 saturated heterocycles. The molecule has 0 spiro atoms. The SMILES string of the molecule is CCCCCCCC/C=C\CCCCCCCC(=O)C(CCN)C(=O)CCCCCCC/C=C\CCCCCCCC.OCCO. The Kier molecular flexibility index (Phi) is 42.5. The molecule has 5 nitrogen and oxygen atoms in total. The van der Waals surface area contributed by atoms with E-state index in [2.05, 4.69) is 38.2 Å². The van der Waals surface area contributed by atoms with E-state index in [0.29, 0.717) is 25.8 Å². The third-order valence-electron chi connectivity index (χ3n) is 8.70. The number of ketones is 2. The van der Waals surface area contributed by atoms with E-state index in [9.17, 15) is 9.59 Å². The highest BCUT2D eigenvalue weighted by molar-refractivity contribution is 6.02. The number of unbranched alkanes of at least 4 members (excludes halogenated alkanes) is 22. The van der Waals surface area contributed by atoms with Gasteiger partial charge in [-0.15, -0.1) is 0 Å². The summed E-state index contributed by atoms with van der Waals surface area (Å²) in [7, 11) is 0. The van der Waals surface area contributed by atoms with Crippen LogP contribution in [0.25, 0.3) is 0 Å². The molecule has 0 saturated carbocycles. The Labute approximate surface area is 286 Å².